The molecule has 0 amide bonds. The monoisotopic (exact) mass is 286 g/mol. The number of benzene rings is 1. The Balaban J connectivity index is 2.25. The minimum Gasteiger partial charge on any atom is -0.360 e. The zero-order valence-corrected chi connectivity index (χ0v) is 11.2. The fourth-order valence-electron chi connectivity index (χ4n) is 2.04. The first kappa shape index (κ1) is 12.0. The molecule has 2 heterocycles. The molecule has 0 saturated heterocycles. The molecule has 3 rings (SSSR count). The minimum atomic E-state index is -0.158. The molecule has 2 aromatic heterocycles. The second kappa shape index (κ2) is 4.54. The molecule has 92 valence electrons. The Morgan fingerprint density at radius 2 is 2.21 bits per heavy atom. The van der Waals surface area contributed by atoms with E-state index in [9.17, 15) is 4.79 Å². The Bertz CT molecular complexity index is 825. The molecule has 0 saturated carbocycles. The number of aromatic nitrogens is 1. The third-order valence-electron chi connectivity index (χ3n) is 2.89. The van der Waals surface area contributed by atoms with Crippen LogP contribution in [0.2, 0.25) is 5.02 Å². The summed E-state index contributed by atoms with van der Waals surface area (Å²) in [7, 11) is 0. The van der Waals surface area contributed by atoms with E-state index in [1.54, 1.807) is 29.8 Å². The second-order valence-corrected chi connectivity index (χ2v) is 5.29. The molecular weight excluding hydrogens is 280 g/mol. The lowest BCUT2D eigenvalue weighted by Gasteiger charge is -1.99. The van der Waals surface area contributed by atoms with Gasteiger partial charge in [-0.05, 0) is 23.6 Å². The number of thiophene rings is 1. The van der Waals surface area contributed by atoms with Crippen molar-refractivity contribution in [1.82, 2.24) is 4.98 Å². The molecule has 19 heavy (non-hydrogen) atoms. The highest BCUT2D eigenvalue weighted by atomic mass is 35.5. The Hall–Kier alpha value is -2.09. The van der Waals surface area contributed by atoms with E-state index in [1.807, 2.05) is 6.07 Å². The van der Waals surface area contributed by atoms with Gasteiger partial charge in [0.1, 0.15) is 0 Å². The number of halogens is 1. The summed E-state index contributed by atoms with van der Waals surface area (Å²) in [6.45, 7) is 0. The molecule has 3 aromatic rings. The van der Waals surface area contributed by atoms with E-state index in [0.29, 0.717) is 26.4 Å². The maximum Gasteiger partial charge on any atom is 0.206 e. The largest absolute Gasteiger partial charge is 0.360 e. The molecule has 0 aliphatic carbocycles. The fraction of sp³-hybridized carbons (Fsp3) is 0. The van der Waals surface area contributed by atoms with E-state index in [1.165, 1.54) is 11.3 Å². The van der Waals surface area contributed by atoms with Crippen LogP contribution in [-0.4, -0.2) is 10.8 Å². The van der Waals surface area contributed by atoms with E-state index in [2.05, 4.69) is 11.1 Å². The van der Waals surface area contributed by atoms with E-state index in [4.69, 9.17) is 16.9 Å². The van der Waals surface area contributed by atoms with Crippen molar-refractivity contribution in [3.63, 3.8) is 0 Å². The summed E-state index contributed by atoms with van der Waals surface area (Å²) >= 11 is 7.29. The van der Waals surface area contributed by atoms with Crippen molar-refractivity contribution in [2.75, 3.05) is 0 Å². The topological polar surface area (TPSA) is 56.6 Å². The van der Waals surface area contributed by atoms with Crippen LogP contribution < -0.4 is 0 Å². The number of H-pyrrole nitrogens is 1. The molecule has 0 bridgehead atoms. The van der Waals surface area contributed by atoms with Crippen LogP contribution in [-0.2, 0) is 0 Å². The first-order chi connectivity index (χ1) is 9.22. The summed E-state index contributed by atoms with van der Waals surface area (Å²) in [6, 6.07) is 9.12. The molecule has 1 aromatic carbocycles. The van der Waals surface area contributed by atoms with E-state index >= 15 is 0 Å². The van der Waals surface area contributed by atoms with Gasteiger partial charge >= 0.3 is 0 Å². The van der Waals surface area contributed by atoms with Crippen molar-refractivity contribution in [2.45, 2.75) is 0 Å². The van der Waals surface area contributed by atoms with Gasteiger partial charge in [0, 0.05) is 17.1 Å². The van der Waals surface area contributed by atoms with Crippen molar-refractivity contribution in [3.8, 4) is 6.07 Å². The van der Waals surface area contributed by atoms with Crippen molar-refractivity contribution in [2.24, 2.45) is 0 Å². The van der Waals surface area contributed by atoms with Gasteiger partial charge in [-0.1, -0.05) is 17.7 Å². The smallest absolute Gasteiger partial charge is 0.206 e. The van der Waals surface area contributed by atoms with Crippen molar-refractivity contribution in [3.05, 3.63) is 56.9 Å². The molecule has 0 unspecified atom stereocenters. The molecule has 5 heteroatoms. The number of nitrogens with zero attached hydrogens (tertiary/aromatic N) is 1. The SMILES string of the molecule is N#Cc1cccc2[nH]cc(C(=O)c3sccc3Cl)c12. The van der Waals surface area contributed by atoms with Crippen molar-refractivity contribution in [1.29, 1.82) is 5.26 Å². The number of aromatic amines is 1. The predicted octanol–water partition coefficient (Wildman–Crippen LogP) is 3.99. The van der Waals surface area contributed by atoms with Crippen LogP contribution >= 0.6 is 22.9 Å². The Morgan fingerprint density at radius 1 is 1.37 bits per heavy atom. The molecule has 3 nitrogen and oxygen atoms in total. The number of carbonyl (C=O) groups is 1. The van der Waals surface area contributed by atoms with Crippen LogP contribution in [0.3, 0.4) is 0 Å². The van der Waals surface area contributed by atoms with Crippen LogP contribution in [0.5, 0.6) is 0 Å². The van der Waals surface area contributed by atoms with Crippen LogP contribution in [0.4, 0.5) is 0 Å². The van der Waals surface area contributed by atoms with Gasteiger partial charge in [0.2, 0.25) is 5.78 Å². The number of hydrogen-bond acceptors (Lipinski definition) is 3. The summed E-state index contributed by atoms with van der Waals surface area (Å²) in [5.41, 5.74) is 1.74. The number of nitriles is 1. The highest BCUT2D eigenvalue weighted by Gasteiger charge is 2.19. The van der Waals surface area contributed by atoms with Gasteiger partial charge in [0.05, 0.1) is 27.1 Å². The number of rotatable bonds is 2. The average molecular weight is 287 g/mol. The van der Waals surface area contributed by atoms with Gasteiger partial charge in [-0.3, -0.25) is 4.79 Å². The Labute approximate surface area is 118 Å². The zero-order valence-electron chi connectivity index (χ0n) is 9.61. The zero-order chi connectivity index (χ0) is 13.4. The summed E-state index contributed by atoms with van der Waals surface area (Å²) in [4.78, 5) is 16.0. The average Bonchev–Trinajstić information content (AvgIpc) is 3.03. The van der Waals surface area contributed by atoms with Gasteiger partial charge in [0.15, 0.2) is 0 Å². The molecule has 0 aliphatic rings. The summed E-state index contributed by atoms with van der Waals surface area (Å²) < 4.78 is 0. The molecular formula is C14H7ClN2OS. The first-order valence-corrected chi connectivity index (χ1v) is 6.76. The number of carbonyl (C=O) groups excluding carboxylic acids is 1. The van der Waals surface area contributed by atoms with Gasteiger partial charge in [-0.2, -0.15) is 5.26 Å². The van der Waals surface area contributed by atoms with Crippen molar-refractivity contribution >= 4 is 39.6 Å². The molecule has 1 N–H and O–H groups in total. The number of fused-ring (bicyclic) bond motifs is 1. The van der Waals surface area contributed by atoms with Crippen LogP contribution in [0.25, 0.3) is 10.9 Å². The second-order valence-electron chi connectivity index (χ2n) is 3.97. The van der Waals surface area contributed by atoms with Gasteiger partial charge in [-0.25, -0.2) is 0 Å². The highest BCUT2D eigenvalue weighted by molar-refractivity contribution is 7.13. The maximum absolute atomic E-state index is 12.5. The maximum atomic E-state index is 12.5. The van der Waals surface area contributed by atoms with Crippen molar-refractivity contribution < 1.29 is 4.79 Å². The first-order valence-electron chi connectivity index (χ1n) is 5.50. The normalized spacial score (nSPS) is 10.5. The highest BCUT2D eigenvalue weighted by Crippen LogP contribution is 2.29. The summed E-state index contributed by atoms with van der Waals surface area (Å²) in [5.74, 6) is -0.158. The van der Waals surface area contributed by atoms with Gasteiger partial charge in [-0.15, -0.1) is 11.3 Å². The fourth-order valence-corrected chi connectivity index (χ4v) is 3.13. The third kappa shape index (κ3) is 1.84. The summed E-state index contributed by atoms with van der Waals surface area (Å²) in [6.07, 6.45) is 1.63. The summed E-state index contributed by atoms with van der Waals surface area (Å²) in [5, 5.41) is 12.0. The number of ketones is 1. The van der Waals surface area contributed by atoms with Gasteiger partial charge in [0.25, 0.3) is 0 Å². The lowest BCUT2D eigenvalue weighted by molar-refractivity contribution is 0.104. The van der Waals surface area contributed by atoms with Crippen LogP contribution in [0, 0.1) is 11.3 Å². The van der Waals surface area contributed by atoms with E-state index < -0.39 is 0 Å². The van der Waals surface area contributed by atoms with E-state index in [-0.39, 0.29) is 5.78 Å². The number of hydrogen-bond donors (Lipinski definition) is 1. The standard InChI is InChI=1S/C14H7ClN2OS/c15-10-4-5-19-14(10)13(18)9-7-17-11-3-1-2-8(6-16)12(9)11/h1-5,7,17H. The Morgan fingerprint density at radius 3 is 2.89 bits per heavy atom. The predicted molar refractivity (Wildman–Crippen MR) is 75.8 cm³/mol. The van der Waals surface area contributed by atoms with Crippen LogP contribution in [0.1, 0.15) is 20.8 Å². The van der Waals surface area contributed by atoms with E-state index in [0.717, 1.165) is 5.52 Å². The molecule has 0 atom stereocenters. The molecule has 0 spiro atoms. The third-order valence-corrected chi connectivity index (χ3v) is 4.23. The Kier molecular flexibility index (Phi) is 2.86. The molecule has 0 radical (unpaired) electrons. The molecule has 0 aliphatic heterocycles. The quantitative estimate of drug-likeness (QED) is 0.724. The minimum absolute atomic E-state index is 0.158. The lowest BCUT2D eigenvalue weighted by atomic mass is 10.0. The lowest BCUT2D eigenvalue weighted by Crippen LogP contribution is -1.98. The number of nitrogens with one attached hydrogen (secondary N) is 1. The van der Waals surface area contributed by atoms with Gasteiger partial charge < -0.3 is 4.98 Å². The van der Waals surface area contributed by atoms with Crippen LogP contribution in [0.15, 0.2) is 35.8 Å². The molecule has 0 fully saturated rings.